The largest absolute Gasteiger partial charge is 0.438 e. The predicted molar refractivity (Wildman–Crippen MR) is 67.9 cm³/mol. The van der Waals surface area contributed by atoms with E-state index >= 15 is 0 Å². The van der Waals surface area contributed by atoms with Gasteiger partial charge in [-0.2, -0.15) is 5.10 Å². The van der Waals surface area contributed by atoms with E-state index in [1.165, 1.54) is 12.8 Å². The molecule has 0 saturated heterocycles. The normalized spacial score (nSPS) is 15.2. The van der Waals surface area contributed by atoms with Gasteiger partial charge >= 0.3 is 0 Å². The summed E-state index contributed by atoms with van der Waals surface area (Å²) in [5.74, 6) is 1.54. The highest BCUT2D eigenvalue weighted by Gasteiger charge is 2.21. The van der Waals surface area contributed by atoms with Crippen molar-refractivity contribution in [3.63, 3.8) is 0 Å². The van der Waals surface area contributed by atoms with Gasteiger partial charge in [0.05, 0.1) is 18.4 Å². The van der Waals surface area contributed by atoms with Crippen molar-refractivity contribution in [1.29, 1.82) is 0 Å². The topological polar surface area (TPSA) is 55.9 Å². The van der Waals surface area contributed by atoms with Crippen molar-refractivity contribution in [1.82, 2.24) is 20.1 Å². The summed E-state index contributed by atoms with van der Waals surface area (Å²) in [7, 11) is 1.93. The van der Waals surface area contributed by atoms with Crippen molar-refractivity contribution in [3.05, 3.63) is 23.8 Å². The molecule has 0 atom stereocenters. The fourth-order valence-corrected chi connectivity index (χ4v) is 1.96. The third-order valence-electron chi connectivity index (χ3n) is 3.22. The third-order valence-corrected chi connectivity index (χ3v) is 3.22. The number of aromatic nitrogens is 3. The lowest BCUT2D eigenvalue weighted by atomic mass is 10.3. The summed E-state index contributed by atoms with van der Waals surface area (Å²) in [6.45, 7) is 2.81. The van der Waals surface area contributed by atoms with Crippen molar-refractivity contribution in [2.45, 2.75) is 38.8 Å². The maximum Gasteiger partial charge on any atom is 0.208 e. The second kappa shape index (κ2) is 4.57. The molecule has 1 N–H and O–H groups in total. The molecule has 0 aromatic carbocycles. The van der Waals surface area contributed by atoms with Crippen LogP contribution in [0.3, 0.4) is 0 Å². The maximum atomic E-state index is 5.75. The Kier molecular flexibility index (Phi) is 2.91. The van der Waals surface area contributed by atoms with Gasteiger partial charge in [-0.25, -0.2) is 4.98 Å². The van der Waals surface area contributed by atoms with Gasteiger partial charge in [-0.3, -0.25) is 4.68 Å². The van der Waals surface area contributed by atoms with Crippen LogP contribution in [0.15, 0.2) is 16.7 Å². The van der Waals surface area contributed by atoms with E-state index in [1.54, 1.807) is 6.20 Å². The Bertz CT molecular complexity index is 539. The van der Waals surface area contributed by atoms with E-state index in [9.17, 15) is 0 Å². The van der Waals surface area contributed by atoms with Gasteiger partial charge in [0, 0.05) is 13.1 Å². The van der Waals surface area contributed by atoms with Crippen LogP contribution < -0.4 is 5.32 Å². The molecule has 1 saturated carbocycles. The van der Waals surface area contributed by atoms with Crippen LogP contribution in [0, 0.1) is 0 Å². The van der Waals surface area contributed by atoms with Crippen molar-refractivity contribution in [2.75, 3.05) is 0 Å². The Hall–Kier alpha value is -1.62. The highest BCUT2D eigenvalue weighted by Crippen LogP contribution is 2.22. The summed E-state index contributed by atoms with van der Waals surface area (Å²) in [5.41, 5.74) is 2.05. The minimum Gasteiger partial charge on any atom is -0.438 e. The summed E-state index contributed by atoms with van der Waals surface area (Å²) in [5, 5.41) is 7.80. The number of hydrogen-bond donors (Lipinski definition) is 1. The van der Waals surface area contributed by atoms with E-state index in [1.807, 2.05) is 11.7 Å². The molecule has 1 fully saturated rings. The summed E-state index contributed by atoms with van der Waals surface area (Å²) < 4.78 is 7.60. The lowest BCUT2D eigenvalue weighted by Crippen LogP contribution is -2.15. The molecule has 1 aliphatic carbocycles. The number of oxazole rings is 1. The molecular formula is C13H18N4O. The van der Waals surface area contributed by atoms with Crippen molar-refractivity contribution >= 4 is 0 Å². The molecule has 18 heavy (non-hydrogen) atoms. The molecule has 2 aromatic rings. The first-order chi connectivity index (χ1) is 8.76. The minimum atomic E-state index is 0.670. The number of rotatable bonds is 5. The molecule has 0 radical (unpaired) electrons. The number of nitrogens with one attached hydrogen (secondary N) is 1. The Labute approximate surface area is 106 Å². The van der Waals surface area contributed by atoms with Crippen LogP contribution in [0.1, 0.15) is 31.4 Å². The molecule has 0 unspecified atom stereocenters. The van der Waals surface area contributed by atoms with E-state index in [-0.39, 0.29) is 0 Å². The quantitative estimate of drug-likeness (QED) is 0.875. The van der Waals surface area contributed by atoms with Crippen molar-refractivity contribution < 1.29 is 4.42 Å². The van der Waals surface area contributed by atoms with Crippen molar-refractivity contribution in [2.24, 2.45) is 7.05 Å². The average molecular weight is 246 g/mol. The van der Waals surface area contributed by atoms with E-state index < -0.39 is 0 Å². The maximum absolute atomic E-state index is 5.75. The number of aryl methyl sites for hydroxylation is 2. The van der Waals surface area contributed by atoms with Gasteiger partial charge in [-0.15, -0.1) is 0 Å². The monoisotopic (exact) mass is 246 g/mol. The predicted octanol–water partition coefficient (Wildman–Crippen LogP) is 1.89. The molecule has 1 aliphatic rings. The fraction of sp³-hybridized carbons (Fsp3) is 0.538. The summed E-state index contributed by atoms with van der Waals surface area (Å²) >= 11 is 0. The molecule has 0 spiro atoms. The average Bonchev–Trinajstić information content (AvgIpc) is 2.95. The highest BCUT2D eigenvalue weighted by molar-refractivity contribution is 5.51. The first kappa shape index (κ1) is 11.5. The van der Waals surface area contributed by atoms with Crippen LogP contribution in [0.2, 0.25) is 0 Å². The molecular weight excluding hydrogens is 228 g/mol. The van der Waals surface area contributed by atoms with E-state index in [2.05, 4.69) is 28.4 Å². The Balaban J connectivity index is 1.76. The van der Waals surface area contributed by atoms with Crippen LogP contribution in [-0.2, 0) is 20.0 Å². The Morgan fingerprint density at radius 2 is 2.33 bits per heavy atom. The van der Waals surface area contributed by atoms with Gasteiger partial charge < -0.3 is 9.73 Å². The van der Waals surface area contributed by atoms with Crippen LogP contribution in [0.4, 0.5) is 0 Å². The molecule has 0 bridgehead atoms. The number of hydrogen-bond acceptors (Lipinski definition) is 4. The Morgan fingerprint density at radius 1 is 1.50 bits per heavy atom. The fourth-order valence-electron chi connectivity index (χ4n) is 1.96. The lowest BCUT2D eigenvalue weighted by molar-refractivity contribution is 0.473. The zero-order chi connectivity index (χ0) is 12.5. The van der Waals surface area contributed by atoms with Crippen LogP contribution in [-0.4, -0.2) is 20.8 Å². The smallest absolute Gasteiger partial charge is 0.208 e. The summed E-state index contributed by atoms with van der Waals surface area (Å²) in [4.78, 5) is 4.30. The summed E-state index contributed by atoms with van der Waals surface area (Å²) in [6, 6.07) is 2.72. The molecule has 5 nitrogen and oxygen atoms in total. The van der Waals surface area contributed by atoms with Gasteiger partial charge in [0.25, 0.3) is 0 Å². The zero-order valence-corrected chi connectivity index (χ0v) is 10.8. The Morgan fingerprint density at radius 3 is 3.00 bits per heavy atom. The standard InChI is InChI=1S/C13H18N4O/c1-3-9-6-11(17(2)16-9)12-7-15-13(18-12)8-14-10-4-5-10/h6-7,10,14H,3-5,8H2,1-2H3. The SMILES string of the molecule is CCc1cc(-c2cnc(CNC3CC3)o2)n(C)n1. The van der Waals surface area contributed by atoms with Gasteiger partial charge in [-0.05, 0) is 25.3 Å². The van der Waals surface area contributed by atoms with Gasteiger partial charge in [0.2, 0.25) is 5.89 Å². The first-order valence-corrected chi connectivity index (χ1v) is 6.47. The molecule has 2 aromatic heterocycles. The minimum absolute atomic E-state index is 0.670. The van der Waals surface area contributed by atoms with E-state index in [0.717, 1.165) is 29.5 Å². The van der Waals surface area contributed by atoms with E-state index in [0.29, 0.717) is 12.6 Å². The molecule has 5 heteroatoms. The van der Waals surface area contributed by atoms with E-state index in [4.69, 9.17) is 4.42 Å². The highest BCUT2D eigenvalue weighted by atomic mass is 16.4. The molecule has 0 amide bonds. The zero-order valence-electron chi connectivity index (χ0n) is 10.8. The first-order valence-electron chi connectivity index (χ1n) is 6.47. The van der Waals surface area contributed by atoms with Gasteiger partial charge in [0.1, 0.15) is 5.69 Å². The van der Waals surface area contributed by atoms with Gasteiger partial charge in [-0.1, -0.05) is 6.92 Å². The van der Waals surface area contributed by atoms with Crippen molar-refractivity contribution in [3.8, 4) is 11.5 Å². The van der Waals surface area contributed by atoms with Crippen LogP contribution in [0.5, 0.6) is 0 Å². The second-order valence-corrected chi connectivity index (χ2v) is 4.77. The van der Waals surface area contributed by atoms with Crippen LogP contribution >= 0.6 is 0 Å². The third kappa shape index (κ3) is 2.31. The van der Waals surface area contributed by atoms with Crippen LogP contribution in [0.25, 0.3) is 11.5 Å². The molecule has 0 aliphatic heterocycles. The summed E-state index contributed by atoms with van der Waals surface area (Å²) in [6.07, 6.45) is 5.25. The van der Waals surface area contributed by atoms with Gasteiger partial charge in [0.15, 0.2) is 5.76 Å². The molecule has 2 heterocycles. The number of nitrogens with zero attached hydrogens (tertiary/aromatic N) is 3. The second-order valence-electron chi connectivity index (χ2n) is 4.77. The molecule has 96 valence electrons. The lowest BCUT2D eigenvalue weighted by Gasteiger charge is -1.98. The molecule has 3 rings (SSSR count).